The van der Waals surface area contributed by atoms with Crippen molar-refractivity contribution in [1.29, 1.82) is 0 Å². The number of carbonyl (C=O) groups is 3. The molecule has 2 aliphatic heterocycles. The summed E-state index contributed by atoms with van der Waals surface area (Å²) in [4.78, 5) is 44.2. The van der Waals surface area contributed by atoms with Crippen molar-refractivity contribution in [3.8, 4) is 5.75 Å². The standard InChI is InChI=1S/C30H37ClF2N6O4/c1-29(28(42)34-2)9-4-5-18(29)27(41)39-12-8-17-19(31)6-7-22(43-15-20-25(26(32)33)37(3)36-35-20)24(17)21(39)14-38-16-30(10-11-30)13-23(38)40/h6-7,18,21,26H,4-5,8-16H2,1-3H3,(H,34,42)/t18-,21+,29-/m0/s1. The number of amides is 3. The second-order valence-electron chi connectivity index (χ2n) is 12.8. The molecule has 0 radical (unpaired) electrons. The van der Waals surface area contributed by atoms with Gasteiger partial charge in [-0.2, -0.15) is 0 Å². The van der Waals surface area contributed by atoms with Crippen LogP contribution in [0.2, 0.25) is 5.02 Å². The molecule has 4 aliphatic rings. The highest BCUT2D eigenvalue weighted by Gasteiger charge is 2.54. The third kappa shape index (κ3) is 5.15. The van der Waals surface area contributed by atoms with Crippen LogP contribution in [0.3, 0.4) is 0 Å². The van der Waals surface area contributed by atoms with Gasteiger partial charge in [-0.1, -0.05) is 23.2 Å². The first-order valence-corrected chi connectivity index (χ1v) is 15.3. The van der Waals surface area contributed by atoms with Gasteiger partial charge in [0.05, 0.1) is 17.4 Å². The van der Waals surface area contributed by atoms with Gasteiger partial charge in [0.1, 0.15) is 23.7 Å². The van der Waals surface area contributed by atoms with Gasteiger partial charge in [-0.15, -0.1) is 5.10 Å². The number of nitrogens with one attached hydrogen (secondary N) is 1. The van der Waals surface area contributed by atoms with E-state index in [2.05, 4.69) is 15.6 Å². The third-order valence-corrected chi connectivity index (χ3v) is 10.5. The van der Waals surface area contributed by atoms with Crippen LogP contribution in [-0.4, -0.2) is 69.2 Å². The lowest BCUT2D eigenvalue weighted by Crippen LogP contribution is -2.51. The van der Waals surface area contributed by atoms with Gasteiger partial charge < -0.3 is 19.9 Å². The number of carbonyl (C=O) groups excluding carboxylic acids is 3. The van der Waals surface area contributed by atoms with Gasteiger partial charge in [0.2, 0.25) is 17.7 Å². The van der Waals surface area contributed by atoms with E-state index >= 15 is 0 Å². The van der Waals surface area contributed by atoms with E-state index in [1.807, 2.05) is 11.8 Å². The maximum atomic E-state index is 14.4. The molecule has 3 fully saturated rings. The topological polar surface area (TPSA) is 110 Å². The molecule has 3 atom stereocenters. The van der Waals surface area contributed by atoms with Crippen LogP contribution < -0.4 is 10.1 Å². The summed E-state index contributed by atoms with van der Waals surface area (Å²) < 4.78 is 34.6. The van der Waals surface area contributed by atoms with Crippen molar-refractivity contribution >= 4 is 29.3 Å². The van der Waals surface area contributed by atoms with Crippen LogP contribution >= 0.6 is 11.6 Å². The molecule has 10 nitrogen and oxygen atoms in total. The van der Waals surface area contributed by atoms with E-state index < -0.39 is 23.8 Å². The Morgan fingerprint density at radius 1 is 1.26 bits per heavy atom. The number of nitrogens with zero attached hydrogens (tertiary/aromatic N) is 5. The number of aromatic nitrogens is 3. The second kappa shape index (κ2) is 11.0. The maximum absolute atomic E-state index is 14.4. The number of rotatable bonds is 8. The molecular weight excluding hydrogens is 582 g/mol. The van der Waals surface area contributed by atoms with Crippen molar-refractivity contribution in [2.24, 2.45) is 23.8 Å². The summed E-state index contributed by atoms with van der Waals surface area (Å²) in [5, 5.41) is 10.9. The second-order valence-corrected chi connectivity index (χ2v) is 13.2. The van der Waals surface area contributed by atoms with Crippen LogP contribution in [0.4, 0.5) is 8.78 Å². The molecule has 2 aromatic rings. The molecule has 232 valence electrons. The largest absolute Gasteiger partial charge is 0.487 e. The molecule has 1 saturated heterocycles. The lowest BCUT2D eigenvalue weighted by molar-refractivity contribution is -0.148. The number of aryl methyl sites for hydroxylation is 1. The average Bonchev–Trinajstić information content (AvgIpc) is 3.27. The summed E-state index contributed by atoms with van der Waals surface area (Å²) in [5.74, 6) is -0.363. The van der Waals surface area contributed by atoms with Crippen molar-refractivity contribution < 1.29 is 27.9 Å². The Balaban J connectivity index is 1.37. The zero-order valence-electron chi connectivity index (χ0n) is 24.7. The lowest BCUT2D eigenvalue weighted by Gasteiger charge is -2.43. The summed E-state index contributed by atoms with van der Waals surface area (Å²) in [5.41, 5.74) is 0.331. The minimum atomic E-state index is -2.78. The van der Waals surface area contributed by atoms with E-state index in [1.165, 1.54) is 7.05 Å². The SMILES string of the molecule is CNC(=O)[C@@]1(C)CCC[C@H]1C(=O)N1CCc2c(Cl)ccc(OCc3nnn(C)c3C(F)F)c2[C@H]1CN1CC2(CC2)CC1=O. The van der Waals surface area contributed by atoms with E-state index in [9.17, 15) is 23.2 Å². The number of fused-ring (bicyclic) bond motifs is 1. The quantitative estimate of drug-likeness (QED) is 0.479. The summed E-state index contributed by atoms with van der Waals surface area (Å²) in [7, 11) is 2.99. The highest BCUT2D eigenvalue weighted by atomic mass is 35.5. The Hall–Kier alpha value is -3.28. The molecule has 2 aliphatic carbocycles. The predicted octanol–water partition coefficient (Wildman–Crippen LogP) is 3.98. The zero-order valence-corrected chi connectivity index (χ0v) is 25.4. The van der Waals surface area contributed by atoms with Crippen molar-refractivity contribution in [2.45, 2.75) is 70.9 Å². The molecule has 43 heavy (non-hydrogen) atoms. The maximum Gasteiger partial charge on any atom is 0.282 e. The predicted molar refractivity (Wildman–Crippen MR) is 152 cm³/mol. The Morgan fingerprint density at radius 3 is 2.70 bits per heavy atom. The molecule has 13 heteroatoms. The Labute approximate surface area is 254 Å². The van der Waals surface area contributed by atoms with Crippen molar-refractivity contribution in [2.75, 3.05) is 26.7 Å². The van der Waals surface area contributed by atoms with Gasteiger partial charge in [0.25, 0.3) is 6.43 Å². The molecule has 1 aromatic heterocycles. The fourth-order valence-electron chi connectivity index (χ4n) is 7.47. The van der Waals surface area contributed by atoms with Gasteiger partial charge in [0, 0.05) is 50.7 Å². The summed E-state index contributed by atoms with van der Waals surface area (Å²) >= 11 is 6.71. The lowest BCUT2D eigenvalue weighted by atomic mass is 9.77. The fraction of sp³-hybridized carbons (Fsp3) is 0.633. The molecule has 2 saturated carbocycles. The molecule has 3 heterocycles. The average molecular weight is 619 g/mol. The Bertz CT molecular complexity index is 1460. The van der Waals surface area contributed by atoms with E-state index in [0.717, 1.165) is 29.5 Å². The molecule has 1 aromatic carbocycles. The van der Waals surface area contributed by atoms with Crippen LogP contribution in [0.1, 0.15) is 80.4 Å². The summed E-state index contributed by atoms with van der Waals surface area (Å²) in [6.07, 6.45) is 2.14. The highest BCUT2D eigenvalue weighted by molar-refractivity contribution is 6.31. The fourth-order valence-corrected chi connectivity index (χ4v) is 7.73. The molecular formula is C30H37ClF2N6O4. The van der Waals surface area contributed by atoms with Gasteiger partial charge in [0.15, 0.2) is 0 Å². The van der Waals surface area contributed by atoms with Crippen molar-refractivity contribution in [3.05, 3.63) is 39.7 Å². The first kappa shape index (κ1) is 29.8. The highest BCUT2D eigenvalue weighted by Crippen LogP contribution is 2.54. The van der Waals surface area contributed by atoms with Crippen molar-refractivity contribution in [3.63, 3.8) is 0 Å². The smallest absolute Gasteiger partial charge is 0.282 e. The molecule has 1 spiro atoms. The number of alkyl halides is 2. The van der Waals surface area contributed by atoms with Crippen LogP contribution in [0.5, 0.6) is 5.75 Å². The minimum Gasteiger partial charge on any atom is -0.487 e. The first-order chi connectivity index (χ1) is 20.5. The van der Waals surface area contributed by atoms with E-state index in [-0.39, 0.29) is 47.7 Å². The molecule has 0 unspecified atom stereocenters. The number of halogens is 3. The Kier molecular flexibility index (Phi) is 7.63. The van der Waals surface area contributed by atoms with E-state index in [0.29, 0.717) is 55.1 Å². The molecule has 3 amide bonds. The molecule has 1 N–H and O–H groups in total. The Morgan fingerprint density at radius 2 is 2.02 bits per heavy atom. The third-order valence-electron chi connectivity index (χ3n) is 10.1. The summed E-state index contributed by atoms with van der Waals surface area (Å²) in [6.45, 7) is 2.85. The zero-order chi connectivity index (χ0) is 30.7. The van der Waals surface area contributed by atoms with E-state index in [4.69, 9.17) is 16.3 Å². The van der Waals surface area contributed by atoms with E-state index in [1.54, 1.807) is 24.1 Å². The molecule has 6 rings (SSSR count). The first-order valence-electron chi connectivity index (χ1n) is 14.9. The van der Waals surface area contributed by atoms with Gasteiger partial charge in [-0.25, -0.2) is 13.5 Å². The van der Waals surface area contributed by atoms with Gasteiger partial charge in [-0.3, -0.25) is 14.4 Å². The monoisotopic (exact) mass is 618 g/mol. The van der Waals surface area contributed by atoms with Crippen molar-refractivity contribution in [1.82, 2.24) is 30.1 Å². The van der Waals surface area contributed by atoms with Gasteiger partial charge >= 0.3 is 0 Å². The number of hydrogen-bond donors (Lipinski definition) is 1. The normalized spacial score (nSPS) is 25.9. The number of likely N-dealkylation sites (tertiary alicyclic amines) is 1. The molecule has 0 bridgehead atoms. The van der Waals surface area contributed by atoms with Gasteiger partial charge in [-0.05, 0) is 62.1 Å². The summed E-state index contributed by atoms with van der Waals surface area (Å²) in [6, 6.07) is 2.79. The minimum absolute atomic E-state index is 0.0131. The number of ether oxygens (including phenoxy) is 1. The number of hydrogen-bond acceptors (Lipinski definition) is 6. The van der Waals surface area contributed by atoms with Crippen LogP contribution in [0.25, 0.3) is 0 Å². The van der Waals surface area contributed by atoms with Crippen LogP contribution in [0.15, 0.2) is 12.1 Å². The van der Waals surface area contributed by atoms with Crippen LogP contribution in [-0.2, 0) is 34.5 Å². The van der Waals surface area contributed by atoms with Crippen LogP contribution in [0, 0.1) is 16.7 Å². The number of benzene rings is 1.